The van der Waals surface area contributed by atoms with Crippen LogP contribution in [0.5, 0.6) is 0 Å². The molecule has 1 N–H and O–H groups in total. The van der Waals surface area contributed by atoms with E-state index < -0.39 is 0 Å². The Bertz CT molecular complexity index is 720. The first-order valence-electron chi connectivity index (χ1n) is 6.36. The van der Waals surface area contributed by atoms with Crippen molar-refractivity contribution < 1.29 is 4.39 Å². The molecule has 2 aromatic carbocycles. The molecule has 0 amide bonds. The maximum atomic E-state index is 13.6. The minimum absolute atomic E-state index is 0.229. The van der Waals surface area contributed by atoms with E-state index in [0.29, 0.717) is 17.2 Å². The van der Waals surface area contributed by atoms with Gasteiger partial charge in [0, 0.05) is 29.3 Å². The number of anilines is 2. The molecule has 3 nitrogen and oxygen atoms in total. The number of imidazole rings is 1. The summed E-state index contributed by atoms with van der Waals surface area (Å²) >= 11 is 0. The molecular weight excluding hydrogens is 253 g/mol. The fraction of sp³-hybridized carbons (Fsp3) is 0.0625. The van der Waals surface area contributed by atoms with E-state index in [2.05, 4.69) is 10.3 Å². The minimum Gasteiger partial charge on any atom is -0.325 e. The summed E-state index contributed by atoms with van der Waals surface area (Å²) in [5.74, 6) is 0.428. The highest BCUT2D eigenvalue weighted by Gasteiger charge is 2.08. The number of aromatic nitrogens is 2. The summed E-state index contributed by atoms with van der Waals surface area (Å²) < 4.78 is 15.5. The number of halogens is 1. The van der Waals surface area contributed by atoms with E-state index in [-0.39, 0.29) is 5.82 Å². The largest absolute Gasteiger partial charge is 0.325 e. The molecule has 1 heterocycles. The highest BCUT2D eigenvalue weighted by molar-refractivity contribution is 5.60. The summed E-state index contributed by atoms with van der Waals surface area (Å²) in [5.41, 5.74) is 2.30. The number of hydrogen-bond acceptors (Lipinski definition) is 2. The fourth-order valence-electron chi connectivity index (χ4n) is 2.06. The molecule has 20 heavy (non-hydrogen) atoms. The average Bonchev–Trinajstić information content (AvgIpc) is 2.93. The first kappa shape index (κ1) is 12.4. The standard InChI is InChI=1S/C16H14FN3/c1-12-14(17)8-5-9-15(12)19-16-18-10-11-20(16)13-6-3-2-4-7-13/h2-11H,1H3,(H,18,19). The third-order valence-corrected chi connectivity index (χ3v) is 3.19. The SMILES string of the molecule is Cc1c(F)cccc1Nc1nccn1-c1ccccc1. The molecule has 100 valence electrons. The van der Waals surface area contributed by atoms with Gasteiger partial charge in [-0.15, -0.1) is 0 Å². The smallest absolute Gasteiger partial charge is 0.212 e. The van der Waals surface area contributed by atoms with Crippen molar-refractivity contribution in [2.45, 2.75) is 6.92 Å². The lowest BCUT2D eigenvalue weighted by Gasteiger charge is -2.12. The van der Waals surface area contributed by atoms with Crippen LogP contribution in [0.1, 0.15) is 5.56 Å². The van der Waals surface area contributed by atoms with Crippen LogP contribution in [0.4, 0.5) is 16.0 Å². The van der Waals surface area contributed by atoms with Crippen LogP contribution < -0.4 is 5.32 Å². The lowest BCUT2D eigenvalue weighted by Crippen LogP contribution is -2.02. The molecule has 0 spiro atoms. The van der Waals surface area contributed by atoms with E-state index in [4.69, 9.17) is 0 Å². The van der Waals surface area contributed by atoms with Crippen molar-refractivity contribution in [2.24, 2.45) is 0 Å². The Morgan fingerprint density at radius 3 is 2.65 bits per heavy atom. The molecule has 0 saturated heterocycles. The van der Waals surface area contributed by atoms with E-state index in [0.717, 1.165) is 5.69 Å². The van der Waals surface area contributed by atoms with Crippen molar-refractivity contribution in [1.29, 1.82) is 0 Å². The van der Waals surface area contributed by atoms with Crippen molar-refractivity contribution in [1.82, 2.24) is 9.55 Å². The predicted molar refractivity (Wildman–Crippen MR) is 78.0 cm³/mol. The van der Waals surface area contributed by atoms with Crippen molar-refractivity contribution in [3.8, 4) is 5.69 Å². The van der Waals surface area contributed by atoms with Gasteiger partial charge in [0.25, 0.3) is 0 Å². The van der Waals surface area contributed by atoms with Gasteiger partial charge < -0.3 is 5.32 Å². The first-order valence-corrected chi connectivity index (χ1v) is 6.36. The highest BCUT2D eigenvalue weighted by Crippen LogP contribution is 2.23. The Labute approximate surface area is 116 Å². The van der Waals surface area contributed by atoms with Gasteiger partial charge in [0.05, 0.1) is 0 Å². The van der Waals surface area contributed by atoms with Gasteiger partial charge in [-0.3, -0.25) is 4.57 Å². The molecule has 1 aromatic heterocycles. The van der Waals surface area contributed by atoms with Gasteiger partial charge in [-0.1, -0.05) is 24.3 Å². The Morgan fingerprint density at radius 2 is 1.85 bits per heavy atom. The van der Waals surface area contributed by atoms with Gasteiger partial charge in [0.1, 0.15) is 5.82 Å². The van der Waals surface area contributed by atoms with Crippen molar-refractivity contribution in [3.05, 3.63) is 72.3 Å². The van der Waals surface area contributed by atoms with Crippen LogP contribution in [0.25, 0.3) is 5.69 Å². The molecular formula is C16H14FN3. The zero-order chi connectivity index (χ0) is 13.9. The van der Waals surface area contributed by atoms with Crippen molar-refractivity contribution in [2.75, 3.05) is 5.32 Å². The maximum absolute atomic E-state index is 13.6. The lowest BCUT2D eigenvalue weighted by molar-refractivity contribution is 0.619. The molecule has 0 atom stereocenters. The fourth-order valence-corrected chi connectivity index (χ4v) is 2.06. The first-order chi connectivity index (χ1) is 9.75. The second kappa shape index (κ2) is 5.17. The molecule has 0 aliphatic carbocycles. The molecule has 3 rings (SSSR count). The van der Waals surface area contributed by atoms with Crippen LogP contribution in [0.2, 0.25) is 0 Å². The quantitative estimate of drug-likeness (QED) is 0.775. The second-order valence-corrected chi connectivity index (χ2v) is 4.49. The van der Waals surface area contributed by atoms with Crippen molar-refractivity contribution in [3.63, 3.8) is 0 Å². The van der Waals surface area contributed by atoms with Gasteiger partial charge in [0.15, 0.2) is 0 Å². The Morgan fingerprint density at radius 1 is 1.05 bits per heavy atom. The number of rotatable bonds is 3. The van der Waals surface area contributed by atoms with E-state index in [9.17, 15) is 4.39 Å². The number of hydrogen-bond donors (Lipinski definition) is 1. The summed E-state index contributed by atoms with van der Waals surface area (Å²) in [7, 11) is 0. The van der Waals surface area contributed by atoms with E-state index in [1.54, 1.807) is 19.2 Å². The van der Waals surface area contributed by atoms with Crippen LogP contribution in [0.3, 0.4) is 0 Å². The van der Waals surface area contributed by atoms with E-state index in [1.165, 1.54) is 6.07 Å². The molecule has 3 aromatic rings. The summed E-state index contributed by atoms with van der Waals surface area (Å²) in [6, 6.07) is 14.8. The van der Waals surface area contributed by atoms with E-state index >= 15 is 0 Å². The van der Waals surface area contributed by atoms with Gasteiger partial charge in [0.2, 0.25) is 5.95 Å². The maximum Gasteiger partial charge on any atom is 0.212 e. The second-order valence-electron chi connectivity index (χ2n) is 4.49. The van der Waals surface area contributed by atoms with Crippen LogP contribution in [-0.2, 0) is 0 Å². The van der Waals surface area contributed by atoms with E-state index in [1.807, 2.05) is 47.2 Å². The zero-order valence-electron chi connectivity index (χ0n) is 11.0. The zero-order valence-corrected chi connectivity index (χ0v) is 11.0. The average molecular weight is 267 g/mol. The van der Waals surface area contributed by atoms with Crippen LogP contribution in [0, 0.1) is 12.7 Å². The Hall–Kier alpha value is -2.62. The Balaban J connectivity index is 1.97. The third kappa shape index (κ3) is 2.28. The number of para-hydroxylation sites is 1. The van der Waals surface area contributed by atoms with Crippen LogP contribution in [-0.4, -0.2) is 9.55 Å². The monoisotopic (exact) mass is 267 g/mol. The minimum atomic E-state index is -0.229. The normalized spacial score (nSPS) is 10.5. The summed E-state index contributed by atoms with van der Waals surface area (Å²) in [5, 5.41) is 3.17. The van der Waals surface area contributed by atoms with Crippen LogP contribution in [0.15, 0.2) is 60.9 Å². The summed E-state index contributed by atoms with van der Waals surface area (Å²) in [4.78, 5) is 4.29. The molecule has 0 aliphatic heterocycles. The van der Waals surface area contributed by atoms with Gasteiger partial charge >= 0.3 is 0 Å². The molecule has 0 bridgehead atoms. The molecule has 0 aliphatic rings. The van der Waals surface area contributed by atoms with Gasteiger partial charge in [-0.05, 0) is 31.2 Å². The van der Waals surface area contributed by atoms with Crippen molar-refractivity contribution >= 4 is 11.6 Å². The molecule has 0 saturated carbocycles. The summed E-state index contributed by atoms with van der Waals surface area (Å²) in [6.45, 7) is 1.74. The molecule has 0 fully saturated rings. The molecule has 4 heteroatoms. The predicted octanol–water partition coefficient (Wildman–Crippen LogP) is 4.06. The number of benzene rings is 2. The van der Waals surface area contributed by atoms with Gasteiger partial charge in [-0.25, -0.2) is 9.37 Å². The number of nitrogens with zero attached hydrogens (tertiary/aromatic N) is 2. The molecule has 0 unspecified atom stereocenters. The van der Waals surface area contributed by atoms with Crippen LogP contribution >= 0.6 is 0 Å². The van der Waals surface area contributed by atoms with Gasteiger partial charge in [-0.2, -0.15) is 0 Å². The highest BCUT2D eigenvalue weighted by atomic mass is 19.1. The third-order valence-electron chi connectivity index (χ3n) is 3.19. The number of nitrogens with one attached hydrogen (secondary N) is 1. The lowest BCUT2D eigenvalue weighted by atomic mass is 10.2. The Kier molecular flexibility index (Phi) is 3.21. The topological polar surface area (TPSA) is 29.9 Å². The summed E-state index contributed by atoms with van der Waals surface area (Å²) in [6.07, 6.45) is 3.58. The molecule has 0 radical (unpaired) electrons.